The average Bonchev–Trinajstić information content (AvgIpc) is 2.33. The van der Waals surface area contributed by atoms with Crippen LogP contribution in [0.4, 0.5) is 0 Å². The molecular formula is C13H19NO2. The van der Waals surface area contributed by atoms with E-state index in [1.807, 2.05) is 18.2 Å². The first-order chi connectivity index (χ1) is 7.88. The van der Waals surface area contributed by atoms with Crippen LogP contribution in [0.1, 0.15) is 5.56 Å². The molecule has 0 atom stereocenters. The molecule has 1 rings (SSSR count). The molecule has 88 valence electrons. The summed E-state index contributed by atoms with van der Waals surface area (Å²) < 4.78 is 10.5. The highest BCUT2D eigenvalue weighted by atomic mass is 16.5. The van der Waals surface area contributed by atoms with Gasteiger partial charge in [0.25, 0.3) is 0 Å². The summed E-state index contributed by atoms with van der Waals surface area (Å²) in [6, 6.07) is 8.00. The normalized spacial score (nSPS) is 10.1. The summed E-state index contributed by atoms with van der Waals surface area (Å²) in [5, 5.41) is 3.29. The van der Waals surface area contributed by atoms with Crippen LogP contribution >= 0.6 is 0 Å². The van der Waals surface area contributed by atoms with Crippen LogP contribution in [0.5, 0.6) is 5.75 Å². The monoisotopic (exact) mass is 221 g/mol. The molecule has 1 aromatic rings. The summed E-state index contributed by atoms with van der Waals surface area (Å²) in [5.74, 6) is 0.910. The SMILES string of the molecule is C=CCOc1ccccc1CNCCOC. The van der Waals surface area contributed by atoms with Crippen LogP contribution in [0, 0.1) is 0 Å². The maximum Gasteiger partial charge on any atom is 0.124 e. The summed E-state index contributed by atoms with van der Waals surface area (Å²) in [7, 11) is 1.70. The Morgan fingerprint density at radius 2 is 2.19 bits per heavy atom. The van der Waals surface area contributed by atoms with Crippen LogP contribution < -0.4 is 10.1 Å². The van der Waals surface area contributed by atoms with E-state index in [1.165, 1.54) is 0 Å². The molecule has 3 nitrogen and oxygen atoms in total. The predicted octanol–water partition coefficient (Wildman–Crippen LogP) is 1.99. The van der Waals surface area contributed by atoms with Crippen molar-refractivity contribution < 1.29 is 9.47 Å². The summed E-state index contributed by atoms with van der Waals surface area (Å²) in [4.78, 5) is 0. The van der Waals surface area contributed by atoms with E-state index in [4.69, 9.17) is 9.47 Å². The minimum atomic E-state index is 0.537. The third-order valence-electron chi connectivity index (χ3n) is 2.13. The molecule has 1 N–H and O–H groups in total. The molecule has 0 aromatic heterocycles. The molecule has 16 heavy (non-hydrogen) atoms. The minimum Gasteiger partial charge on any atom is -0.489 e. The number of methoxy groups -OCH3 is 1. The van der Waals surface area contributed by atoms with Crippen molar-refractivity contribution in [3.8, 4) is 5.75 Å². The molecular weight excluding hydrogens is 202 g/mol. The van der Waals surface area contributed by atoms with Gasteiger partial charge >= 0.3 is 0 Å². The molecule has 0 aliphatic carbocycles. The molecule has 1 aromatic carbocycles. The first-order valence-electron chi connectivity index (χ1n) is 5.39. The lowest BCUT2D eigenvalue weighted by atomic mass is 10.2. The standard InChI is InChI=1S/C13H19NO2/c1-3-9-16-13-7-5-4-6-12(13)11-14-8-10-15-2/h3-7,14H,1,8-11H2,2H3. The maximum absolute atomic E-state index is 5.55. The predicted molar refractivity (Wildman–Crippen MR) is 65.7 cm³/mol. The summed E-state index contributed by atoms with van der Waals surface area (Å²) >= 11 is 0. The van der Waals surface area contributed by atoms with E-state index in [2.05, 4.69) is 18.0 Å². The maximum atomic E-state index is 5.55. The molecule has 0 amide bonds. The summed E-state index contributed by atoms with van der Waals surface area (Å²) in [6.07, 6.45) is 1.75. The second-order valence-electron chi connectivity index (χ2n) is 3.38. The number of nitrogens with one attached hydrogen (secondary N) is 1. The molecule has 0 spiro atoms. The second kappa shape index (κ2) is 7.91. The number of ether oxygens (including phenoxy) is 2. The van der Waals surface area contributed by atoms with Crippen LogP contribution in [0.15, 0.2) is 36.9 Å². The van der Waals surface area contributed by atoms with E-state index in [9.17, 15) is 0 Å². The fourth-order valence-electron chi connectivity index (χ4n) is 1.34. The van der Waals surface area contributed by atoms with Gasteiger partial charge in [-0.3, -0.25) is 0 Å². The average molecular weight is 221 g/mol. The zero-order chi connectivity index (χ0) is 11.6. The van der Waals surface area contributed by atoms with Gasteiger partial charge in [-0.1, -0.05) is 30.9 Å². The van der Waals surface area contributed by atoms with Gasteiger partial charge in [0, 0.05) is 25.8 Å². The fourth-order valence-corrected chi connectivity index (χ4v) is 1.34. The van der Waals surface area contributed by atoms with Gasteiger partial charge in [0.15, 0.2) is 0 Å². The number of para-hydroxylation sites is 1. The number of hydrogen-bond donors (Lipinski definition) is 1. The molecule has 0 heterocycles. The fraction of sp³-hybridized carbons (Fsp3) is 0.385. The Morgan fingerprint density at radius 1 is 1.38 bits per heavy atom. The van der Waals surface area contributed by atoms with Crippen molar-refractivity contribution in [1.29, 1.82) is 0 Å². The van der Waals surface area contributed by atoms with Crippen molar-refractivity contribution in [2.24, 2.45) is 0 Å². The minimum absolute atomic E-state index is 0.537. The lowest BCUT2D eigenvalue weighted by molar-refractivity contribution is 0.199. The topological polar surface area (TPSA) is 30.5 Å². The molecule has 0 radical (unpaired) electrons. The van der Waals surface area contributed by atoms with Crippen molar-refractivity contribution >= 4 is 0 Å². The third-order valence-corrected chi connectivity index (χ3v) is 2.13. The van der Waals surface area contributed by atoms with Crippen molar-refractivity contribution in [3.05, 3.63) is 42.5 Å². The Morgan fingerprint density at radius 3 is 2.94 bits per heavy atom. The summed E-state index contributed by atoms with van der Waals surface area (Å²) in [6.45, 7) is 6.52. The van der Waals surface area contributed by atoms with Gasteiger partial charge in [-0.15, -0.1) is 0 Å². The molecule has 0 fully saturated rings. The smallest absolute Gasteiger partial charge is 0.124 e. The van der Waals surface area contributed by atoms with Crippen molar-refractivity contribution in [1.82, 2.24) is 5.32 Å². The van der Waals surface area contributed by atoms with Crippen LogP contribution in [-0.2, 0) is 11.3 Å². The lowest BCUT2D eigenvalue weighted by Gasteiger charge is -2.10. The Bertz CT molecular complexity index is 313. The van der Waals surface area contributed by atoms with E-state index < -0.39 is 0 Å². The van der Waals surface area contributed by atoms with Gasteiger partial charge in [0.1, 0.15) is 12.4 Å². The van der Waals surface area contributed by atoms with Gasteiger partial charge in [-0.05, 0) is 6.07 Å². The lowest BCUT2D eigenvalue weighted by Crippen LogP contribution is -2.19. The van der Waals surface area contributed by atoms with Gasteiger partial charge in [0.05, 0.1) is 6.61 Å². The highest BCUT2D eigenvalue weighted by molar-refractivity contribution is 5.33. The molecule has 0 aliphatic heterocycles. The van der Waals surface area contributed by atoms with Gasteiger partial charge < -0.3 is 14.8 Å². The van der Waals surface area contributed by atoms with Crippen LogP contribution in [0.3, 0.4) is 0 Å². The Kier molecular flexibility index (Phi) is 6.30. The van der Waals surface area contributed by atoms with Crippen molar-refractivity contribution in [2.75, 3.05) is 26.9 Å². The second-order valence-corrected chi connectivity index (χ2v) is 3.38. The van der Waals surface area contributed by atoms with E-state index in [1.54, 1.807) is 13.2 Å². The van der Waals surface area contributed by atoms with Gasteiger partial charge in [0.2, 0.25) is 0 Å². The van der Waals surface area contributed by atoms with E-state index >= 15 is 0 Å². The number of rotatable bonds is 8. The van der Waals surface area contributed by atoms with E-state index in [-0.39, 0.29) is 0 Å². The van der Waals surface area contributed by atoms with Crippen molar-refractivity contribution in [3.63, 3.8) is 0 Å². The largest absolute Gasteiger partial charge is 0.489 e. The number of hydrogen-bond acceptors (Lipinski definition) is 3. The molecule has 0 saturated heterocycles. The Hall–Kier alpha value is -1.32. The Balaban J connectivity index is 2.46. The molecule has 3 heteroatoms. The van der Waals surface area contributed by atoms with Crippen LogP contribution in [0.2, 0.25) is 0 Å². The zero-order valence-corrected chi connectivity index (χ0v) is 9.74. The molecule has 0 bridgehead atoms. The number of benzene rings is 1. The highest BCUT2D eigenvalue weighted by Crippen LogP contribution is 2.17. The highest BCUT2D eigenvalue weighted by Gasteiger charge is 2.01. The first kappa shape index (κ1) is 12.7. The van der Waals surface area contributed by atoms with Crippen molar-refractivity contribution in [2.45, 2.75) is 6.54 Å². The molecule has 0 aliphatic rings. The first-order valence-corrected chi connectivity index (χ1v) is 5.39. The third kappa shape index (κ3) is 4.47. The van der Waals surface area contributed by atoms with E-state index in [0.29, 0.717) is 6.61 Å². The van der Waals surface area contributed by atoms with Crippen LogP contribution in [-0.4, -0.2) is 26.9 Å². The van der Waals surface area contributed by atoms with Gasteiger partial charge in [-0.2, -0.15) is 0 Å². The molecule has 0 saturated carbocycles. The van der Waals surface area contributed by atoms with E-state index in [0.717, 1.165) is 31.0 Å². The quantitative estimate of drug-likeness (QED) is 0.538. The van der Waals surface area contributed by atoms with Crippen LogP contribution in [0.25, 0.3) is 0 Å². The summed E-state index contributed by atoms with van der Waals surface area (Å²) in [5.41, 5.74) is 1.15. The Labute approximate surface area is 97.1 Å². The van der Waals surface area contributed by atoms with Gasteiger partial charge in [-0.25, -0.2) is 0 Å². The molecule has 0 unspecified atom stereocenters. The zero-order valence-electron chi connectivity index (χ0n) is 9.74.